The van der Waals surface area contributed by atoms with Crippen molar-refractivity contribution >= 4 is 5.78 Å². The quantitative estimate of drug-likeness (QED) is 0.540. The number of oxazole rings is 1. The lowest BCUT2D eigenvalue weighted by molar-refractivity contribution is 0.0940. The maximum absolute atomic E-state index is 13.3. The van der Waals surface area contributed by atoms with Crippen LogP contribution in [0.4, 0.5) is 13.2 Å². The summed E-state index contributed by atoms with van der Waals surface area (Å²) >= 11 is 0. The molecule has 0 spiro atoms. The molecular formula is C19H21F3N2O2. The summed E-state index contributed by atoms with van der Waals surface area (Å²) in [7, 11) is 0. The molecule has 1 aliphatic heterocycles. The van der Waals surface area contributed by atoms with E-state index in [1.165, 1.54) is 12.5 Å². The van der Waals surface area contributed by atoms with Gasteiger partial charge < -0.3 is 4.42 Å². The van der Waals surface area contributed by atoms with Crippen molar-refractivity contribution in [1.29, 1.82) is 0 Å². The van der Waals surface area contributed by atoms with E-state index in [-0.39, 0.29) is 11.7 Å². The highest BCUT2D eigenvalue weighted by Crippen LogP contribution is 2.24. The normalized spacial score (nSPS) is 16.1. The predicted molar refractivity (Wildman–Crippen MR) is 89.0 cm³/mol. The highest BCUT2D eigenvalue weighted by molar-refractivity contribution is 5.91. The molecule has 140 valence electrons. The van der Waals surface area contributed by atoms with Crippen LogP contribution in [0.15, 0.2) is 29.0 Å². The van der Waals surface area contributed by atoms with Gasteiger partial charge in [-0.3, -0.25) is 9.69 Å². The number of likely N-dealkylation sites (tertiary alicyclic amines) is 1. The Balaban J connectivity index is 1.39. The highest BCUT2D eigenvalue weighted by Gasteiger charge is 2.21. The maximum Gasteiger partial charge on any atom is 0.263 e. The van der Waals surface area contributed by atoms with Crippen LogP contribution in [0.1, 0.15) is 48.4 Å². The van der Waals surface area contributed by atoms with E-state index in [1.807, 2.05) is 0 Å². The molecule has 2 heterocycles. The van der Waals surface area contributed by atoms with E-state index in [0.29, 0.717) is 24.4 Å². The average Bonchev–Trinajstić information content (AvgIpc) is 3.16. The van der Waals surface area contributed by atoms with Gasteiger partial charge in [-0.25, -0.2) is 18.2 Å². The van der Waals surface area contributed by atoms with Gasteiger partial charge in [-0.1, -0.05) is 0 Å². The fraction of sp³-hybridized carbons (Fsp3) is 0.474. The van der Waals surface area contributed by atoms with Gasteiger partial charge >= 0.3 is 0 Å². The van der Waals surface area contributed by atoms with E-state index in [9.17, 15) is 18.0 Å². The Bertz CT molecular complexity index is 718. The summed E-state index contributed by atoms with van der Waals surface area (Å²) < 4.78 is 44.6. The number of carbonyl (C=O) groups excluding carboxylic acids is 1. The van der Waals surface area contributed by atoms with Gasteiger partial charge in [0.05, 0.1) is 6.20 Å². The molecule has 0 aliphatic carbocycles. The number of hydrogen-bond acceptors (Lipinski definition) is 4. The standard InChI is InChI=1S/C19H21F3N2O2/c20-15-10-14(11-16(21)18(15)22)12-24-7-4-13(5-8-24)2-1-3-17(25)19-23-6-9-26-19/h6,9-11,13H,1-5,7-8,12H2. The fourth-order valence-corrected chi connectivity index (χ4v) is 3.41. The third-order valence-electron chi connectivity index (χ3n) is 4.84. The van der Waals surface area contributed by atoms with Gasteiger partial charge in [0.1, 0.15) is 6.26 Å². The van der Waals surface area contributed by atoms with Crippen LogP contribution in [0.25, 0.3) is 0 Å². The van der Waals surface area contributed by atoms with Crippen molar-refractivity contribution in [1.82, 2.24) is 9.88 Å². The van der Waals surface area contributed by atoms with Crippen LogP contribution < -0.4 is 0 Å². The van der Waals surface area contributed by atoms with Crippen LogP contribution in [0, 0.1) is 23.4 Å². The minimum Gasteiger partial charge on any atom is -0.442 e. The molecule has 1 saturated heterocycles. The molecule has 0 amide bonds. The molecule has 0 radical (unpaired) electrons. The summed E-state index contributed by atoms with van der Waals surface area (Å²) in [6.45, 7) is 2.04. The second kappa shape index (κ2) is 8.49. The summed E-state index contributed by atoms with van der Waals surface area (Å²) in [5, 5.41) is 0. The molecule has 4 nitrogen and oxygen atoms in total. The second-order valence-corrected chi connectivity index (χ2v) is 6.75. The molecule has 1 fully saturated rings. The number of carbonyl (C=O) groups is 1. The molecule has 0 saturated carbocycles. The zero-order valence-corrected chi connectivity index (χ0v) is 14.4. The number of hydrogen-bond donors (Lipinski definition) is 0. The van der Waals surface area contributed by atoms with Gasteiger partial charge in [0.15, 0.2) is 17.5 Å². The lowest BCUT2D eigenvalue weighted by Crippen LogP contribution is -2.33. The Morgan fingerprint density at radius 1 is 1.19 bits per heavy atom. The number of ketones is 1. The second-order valence-electron chi connectivity index (χ2n) is 6.75. The number of rotatable bonds is 7. The van der Waals surface area contributed by atoms with Crippen molar-refractivity contribution in [2.75, 3.05) is 13.1 Å². The summed E-state index contributed by atoms with van der Waals surface area (Å²) in [5.41, 5.74) is 0.441. The summed E-state index contributed by atoms with van der Waals surface area (Å²) in [6, 6.07) is 2.11. The van der Waals surface area contributed by atoms with Crippen LogP contribution in [0.3, 0.4) is 0 Å². The number of Topliss-reactive ketones (excluding diaryl/α,β-unsaturated/α-hetero) is 1. The third-order valence-corrected chi connectivity index (χ3v) is 4.84. The third kappa shape index (κ3) is 4.72. The lowest BCUT2D eigenvalue weighted by Gasteiger charge is -2.32. The number of benzene rings is 1. The van der Waals surface area contributed by atoms with Crippen molar-refractivity contribution in [3.05, 3.63) is 53.5 Å². The molecule has 1 aromatic carbocycles. The van der Waals surface area contributed by atoms with Gasteiger partial charge in [-0.05, 0) is 62.4 Å². The van der Waals surface area contributed by atoms with Crippen molar-refractivity contribution < 1.29 is 22.4 Å². The first-order valence-corrected chi connectivity index (χ1v) is 8.81. The number of piperidine rings is 1. The van der Waals surface area contributed by atoms with Gasteiger partial charge in [0, 0.05) is 13.0 Å². The molecule has 0 unspecified atom stereocenters. The molecule has 7 heteroatoms. The first-order valence-electron chi connectivity index (χ1n) is 8.81. The molecule has 1 aromatic heterocycles. The maximum atomic E-state index is 13.3. The monoisotopic (exact) mass is 366 g/mol. The van der Waals surface area contributed by atoms with E-state index in [4.69, 9.17) is 4.42 Å². The summed E-state index contributed by atoms with van der Waals surface area (Å²) in [4.78, 5) is 17.8. The van der Waals surface area contributed by atoms with Crippen LogP contribution in [0.5, 0.6) is 0 Å². The van der Waals surface area contributed by atoms with Crippen molar-refractivity contribution in [3.63, 3.8) is 0 Å². The molecule has 3 rings (SSSR count). The SMILES string of the molecule is O=C(CCCC1CCN(Cc2cc(F)c(F)c(F)c2)CC1)c1ncco1. The van der Waals surface area contributed by atoms with Crippen molar-refractivity contribution in [2.45, 2.75) is 38.6 Å². The Kier molecular flexibility index (Phi) is 6.08. The minimum atomic E-state index is -1.42. The number of aromatic nitrogens is 1. The van der Waals surface area contributed by atoms with Crippen molar-refractivity contribution in [2.24, 2.45) is 5.92 Å². The number of halogens is 3. The van der Waals surface area contributed by atoms with E-state index in [1.54, 1.807) is 0 Å². The van der Waals surface area contributed by atoms with E-state index >= 15 is 0 Å². The number of nitrogens with zero attached hydrogens (tertiary/aromatic N) is 2. The van der Waals surface area contributed by atoms with Crippen LogP contribution in [-0.4, -0.2) is 28.8 Å². The first kappa shape index (κ1) is 18.6. The fourth-order valence-electron chi connectivity index (χ4n) is 3.41. The van der Waals surface area contributed by atoms with E-state index in [0.717, 1.165) is 50.9 Å². The smallest absolute Gasteiger partial charge is 0.263 e. The average molecular weight is 366 g/mol. The summed E-state index contributed by atoms with van der Waals surface area (Å²) in [5.74, 6) is -3.10. The zero-order chi connectivity index (χ0) is 18.5. The van der Waals surface area contributed by atoms with Gasteiger partial charge in [-0.15, -0.1) is 0 Å². The van der Waals surface area contributed by atoms with Gasteiger partial charge in [0.25, 0.3) is 5.89 Å². The molecule has 2 aromatic rings. The zero-order valence-electron chi connectivity index (χ0n) is 14.4. The molecule has 26 heavy (non-hydrogen) atoms. The molecule has 0 N–H and O–H groups in total. The van der Waals surface area contributed by atoms with Crippen LogP contribution in [0.2, 0.25) is 0 Å². The predicted octanol–water partition coefficient (Wildman–Crippen LogP) is 4.36. The Morgan fingerprint density at radius 2 is 1.88 bits per heavy atom. The van der Waals surface area contributed by atoms with Crippen LogP contribution >= 0.6 is 0 Å². The van der Waals surface area contributed by atoms with Gasteiger partial charge in [-0.2, -0.15) is 0 Å². The Hall–Kier alpha value is -2.15. The van der Waals surface area contributed by atoms with Gasteiger partial charge in [0.2, 0.25) is 5.78 Å². The molecular weight excluding hydrogens is 345 g/mol. The topological polar surface area (TPSA) is 46.3 Å². The van der Waals surface area contributed by atoms with Crippen molar-refractivity contribution in [3.8, 4) is 0 Å². The van der Waals surface area contributed by atoms with E-state index < -0.39 is 17.5 Å². The largest absolute Gasteiger partial charge is 0.442 e. The van der Waals surface area contributed by atoms with Crippen LogP contribution in [-0.2, 0) is 6.54 Å². The van der Waals surface area contributed by atoms with E-state index in [2.05, 4.69) is 9.88 Å². The molecule has 0 atom stereocenters. The summed E-state index contributed by atoms with van der Waals surface area (Å²) in [6.07, 6.45) is 6.97. The highest BCUT2D eigenvalue weighted by atomic mass is 19.2. The molecule has 1 aliphatic rings. The Morgan fingerprint density at radius 3 is 2.50 bits per heavy atom. The first-order chi connectivity index (χ1) is 12.5. The molecule has 0 bridgehead atoms. The Labute approximate surface area is 150 Å². The minimum absolute atomic E-state index is 0.0761. The lowest BCUT2D eigenvalue weighted by atomic mass is 9.91.